The molecule has 0 aliphatic carbocycles. The van der Waals surface area contributed by atoms with Gasteiger partial charge in [0.05, 0.1) is 0 Å². The fourth-order valence-electron chi connectivity index (χ4n) is 2.28. The van der Waals surface area contributed by atoms with Gasteiger partial charge in [0.1, 0.15) is 11.8 Å². The topological polar surface area (TPSA) is 40.8 Å². The minimum absolute atomic E-state index is 0.524. The predicted molar refractivity (Wildman–Crippen MR) is 70.5 cm³/mol. The van der Waals surface area contributed by atoms with Gasteiger partial charge in [0, 0.05) is 25.8 Å². The Morgan fingerprint density at radius 2 is 2.06 bits per heavy atom. The van der Waals surface area contributed by atoms with Crippen molar-refractivity contribution in [3.8, 4) is 6.07 Å². The number of hydrogen-bond acceptors (Lipinski definition) is 2. The second kappa shape index (κ2) is 6.46. The molecular weight excluding hydrogens is 210 g/mol. The van der Waals surface area contributed by atoms with E-state index < -0.39 is 0 Å². The quantitative estimate of drug-likeness (QED) is 0.820. The first kappa shape index (κ1) is 13.8. The molecule has 17 heavy (non-hydrogen) atoms. The number of rotatable bonds is 6. The Balaban J connectivity index is 2.53. The van der Waals surface area contributed by atoms with Crippen molar-refractivity contribution in [1.82, 2.24) is 9.88 Å². The van der Waals surface area contributed by atoms with Gasteiger partial charge in [0.2, 0.25) is 0 Å². The highest BCUT2D eigenvalue weighted by Gasteiger charge is 2.13. The minimum Gasteiger partial charge on any atom is -0.342 e. The summed E-state index contributed by atoms with van der Waals surface area (Å²) in [6.45, 7) is 7.56. The fourth-order valence-corrected chi connectivity index (χ4v) is 2.28. The molecule has 0 fully saturated rings. The number of nitrogens with zero attached hydrogens (tertiary/aromatic N) is 2. The van der Waals surface area contributed by atoms with E-state index in [1.807, 2.05) is 23.9 Å². The summed E-state index contributed by atoms with van der Waals surface area (Å²) in [5, 5.41) is 12.4. The molecule has 0 bridgehead atoms. The lowest BCUT2D eigenvalue weighted by molar-refractivity contribution is 0.353. The van der Waals surface area contributed by atoms with Crippen LogP contribution in [0.2, 0.25) is 0 Å². The average molecular weight is 233 g/mol. The molecule has 3 nitrogen and oxygen atoms in total. The zero-order valence-electron chi connectivity index (χ0n) is 11.3. The van der Waals surface area contributed by atoms with E-state index in [9.17, 15) is 0 Å². The van der Waals surface area contributed by atoms with E-state index in [4.69, 9.17) is 5.26 Å². The maximum absolute atomic E-state index is 8.88. The summed E-state index contributed by atoms with van der Waals surface area (Å²) < 4.78 is 1.87. The summed E-state index contributed by atoms with van der Waals surface area (Å²) >= 11 is 0. The smallest absolute Gasteiger partial charge is 0.120 e. The van der Waals surface area contributed by atoms with Gasteiger partial charge in [0.15, 0.2) is 0 Å². The number of nitriles is 1. The maximum atomic E-state index is 8.88. The predicted octanol–water partition coefficient (Wildman–Crippen LogP) is 2.81. The normalized spacial score (nSPS) is 12.7. The molecule has 94 valence electrons. The van der Waals surface area contributed by atoms with Crippen molar-refractivity contribution >= 4 is 0 Å². The minimum atomic E-state index is 0.524. The third-order valence-corrected chi connectivity index (χ3v) is 3.56. The Kier molecular flexibility index (Phi) is 5.24. The highest BCUT2D eigenvalue weighted by molar-refractivity contribution is 5.28. The van der Waals surface area contributed by atoms with E-state index >= 15 is 0 Å². The molecule has 1 atom stereocenters. The van der Waals surface area contributed by atoms with E-state index in [0.29, 0.717) is 6.04 Å². The molecule has 1 aromatic heterocycles. The number of aryl methyl sites for hydroxylation is 1. The molecule has 1 rings (SSSR count). The molecule has 1 unspecified atom stereocenters. The largest absolute Gasteiger partial charge is 0.342 e. The lowest BCUT2D eigenvalue weighted by Crippen LogP contribution is -2.32. The van der Waals surface area contributed by atoms with Gasteiger partial charge in [-0.05, 0) is 24.5 Å². The van der Waals surface area contributed by atoms with Crippen molar-refractivity contribution in [2.24, 2.45) is 13.0 Å². The standard InChI is InChI=1S/C14H23N3/c1-5-13(6-2)11(3)16-9-12-7-14(8-15)17(4)10-12/h7,10-11,13,16H,5-6,9H2,1-4H3. The first-order valence-electron chi connectivity index (χ1n) is 6.41. The summed E-state index contributed by atoms with van der Waals surface area (Å²) in [5.74, 6) is 0.731. The van der Waals surface area contributed by atoms with Crippen LogP contribution in [-0.2, 0) is 13.6 Å². The van der Waals surface area contributed by atoms with Gasteiger partial charge in [-0.2, -0.15) is 5.26 Å². The van der Waals surface area contributed by atoms with Crippen LogP contribution >= 0.6 is 0 Å². The SMILES string of the molecule is CCC(CC)C(C)NCc1cc(C#N)n(C)c1. The molecule has 1 aromatic rings. The average Bonchev–Trinajstić information content (AvgIpc) is 2.69. The molecule has 0 radical (unpaired) electrons. The first-order chi connectivity index (χ1) is 8.12. The van der Waals surface area contributed by atoms with E-state index in [2.05, 4.69) is 32.2 Å². The third-order valence-electron chi connectivity index (χ3n) is 3.56. The lowest BCUT2D eigenvalue weighted by Gasteiger charge is -2.22. The van der Waals surface area contributed by atoms with Gasteiger partial charge in [0.25, 0.3) is 0 Å². The summed E-state index contributed by atoms with van der Waals surface area (Å²) in [5.41, 5.74) is 1.90. The highest BCUT2D eigenvalue weighted by atomic mass is 14.9. The molecule has 0 spiro atoms. The van der Waals surface area contributed by atoms with Crippen LogP contribution in [0.5, 0.6) is 0 Å². The van der Waals surface area contributed by atoms with Gasteiger partial charge >= 0.3 is 0 Å². The van der Waals surface area contributed by atoms with Gasteiger partial charge in [-0.25, -0.2) is 0 Å². The summed E-state index contributed by atoms with van der Waals surface area (Å²) in [4.78, 5) is 0. The number of hydrogen-bond donors (Lipinski definition) is 1. The van der Waals surface area contributed by atoms with Crippen molar-refractivity contribution in [3.63, 3.8) is 0 Å². The molecule has 3 heteroatoms. The maximum Gasteiger partial charge on any atom is 0.120 e. The van der Waals surface area contributed by atoms with E-state index in [1.54, 1.807) is 0 Å². The van der Waals surface area contributed by atoms with Crippen molar-refractivity contribution in [3.05, 3.63) is 23.5 Å². The van der Waals surface area contributed by atoms with Gasteiger partial charge in [-0.1, -0.05) is 26.7 Å². The van der Waals surface area contributed by atoms with Crippen molar-refractivity contribution < 1.29 is 0 Å². The van der Waals surface area contributed by atoms with E-state index in [0.717, 1.165) is 18.2 Å². The molecule has 1 N–H and O–H groups in total. The van der Waals surface area contributed by atoms with Crippen molar-refractivity contribution in [2.45, 2.75) is 46.2 Å². The van der Waals surface area contributed by atoms with Crippen LogP contribution in [0.3, 0.4) is 0 Å². The van der Waals surface area contributed by atoms with Crippen LogP contribution in [0.4, 0.5) is 0 Å². The second-order valence-electron chi connectivity index (χ2n) is 4.70. The molecule has 0 aromatic carbocycles. The Morgan fingerprint density at radius 3 is 2.53 bits per heavy atom. The lowest BCUT2D eigenvalue weighted by atomic mass is 9.95. The highest BCUT2D eigenvalue weighted by Crippen LogP contribution is 2.13. The molecule has 1 heterocycles. The fraction of sp³-hybridized carbons (Fsp3) is 0.643. The molecule has 0 aliphatic heterocycles. The monoisotopic (exact) mass is 233 g/mol. The molecule has 0 saturated heterocycles. The Labute approximate surface area is 104 Å². The zero-order chi connectivity index (χ0) is 12.8. The van der Waals surface area contributed by atoms with Crippen LogP contribution in [0.25, 0.3) is 0 Å². The second-order valence-corrected chi connectivity index (χ2v) is 4.70. The Morgan fingerprint density at radius 1 is 1.41 bits per heavy atom. The van der Waals surface area contributed by atoms with Gasteiger partial charge in [-0.3, -0.25) is 0 Å². The van der Waals surface area contributed by atoms with Gasteiger partial charge in [-0.15, -0.1) is 0 Å². The van der Waals surface area contributed by atoms with Gasteiger partial charge < -0.3 is 9.88 Å². The van der Waals surface area contributed by atoms with Crippen molar-refractivity contribution in [1.29, 1.82) is 5.26 Å². The number of nitrogens with one attached hydrogen (secondary N) is 1. The van der Waals surface area contributed by atoms with Crippen LogP contribution in [0, 0.1) is 17.2 Å². The van der Waals surface area contributed by atoms with Crippen molar-refractivity contribution in [2.75, 3.05) is 0 Å². The van der Waals surface area contributed by atoms with E-state index in [-0.39, 0.29) is 0 Å². The van der Waals surface area contributed by atoms with E-state index in [1.165, 1.54) is 18.4 Å². The Bertz CT molecular complexity index is 383. The molecule has 0 amide bonds. The summed E-state index contributed by atoms with van der Waals surface area (Å²) in [7, 11) is 1.91. The zero-order valence-corrected chi connectivity index (χ0v) is 11.3. The van der Waals surface area contributed by atoms with Crippen LogP contribution in [0.15, 0.2) is 12.3 Å². The third kappa shape index (κ3) is 3.61. The first-order valence-corrected chi connectivity index (χ1v) is 6.41. The summed E-state index contributed by atoms with van der Waals surface area (Å²) in [6.07, 6.45) is 4.44. The summed E-state index contributed by atoms with van der Waals surface area (Å²) in [6, 6.07) is 4.66. The number of aromatic nitrogens is 1. The van der Waals surface area contributed by atoms with Crippen LogP contribution in [-0.4, -0.2) is 10.6 Å². The Hall–Kier alpha value is -1.27. The van der Waals surface area contributed by atoms with Crippen LogP contribution < -0.4 is 5.32 Å². The molecular formula is C14H23N3. The molecule has 0 aliphatic rings. The van der Waals surface area contributed by atoms with Crippen LogP contribution in [0.1, 0.15) is 44.9 Å². The molecule has 0 saturated carbocycles.